The lowest BCUT2D eigenvalue weighted by Gasteiger charge is -2.42. The lowest BCUT2D eigenvalue weighted by Crippen LogP contribution is -2.49. The Balaban J connectivity index is 1.60. The van der Waals surface area contributed by atoms with Crippen LogP contribution in [0.5, 0.6) is 0 Å². The second kappa shape index (κ2) is 7.46. The molecule has 3 heteroatoms. The molecule has 0 bridgehead atoms. The molecule has 2 aliphatic rings. The first kappa shape index (κ1) is 17.0. The van der Waals surface area contributed by atoms with E-state index in [1.54, 1.807) is 5.57 Å². The molecule has 1 fully saturated rings. The van der Waals surface area contributed by atoms with Crippen molar-refractivity contribution in [2.24, 2.45) is 5.92 Å². The second-order valence-corrected chi connectivity index (χ2v) is 7.47. The molecule has 1 saturated heterocycles. The highest BCUT2D eigenvalue weighted by molar-refractivity contribution is 5.94. The van der Waals surface area contributed by atoms with Crippen LogP contribution in [0.15, 0.2) is 66.2 Å². The number of carbonyl (C=O) groups is 1. The van der Waals surface area contributed by atoms with E-state index in [0.717, 1.165) is 37.9 Å². The van der Waals surface area contributed by atoms with Crippen molar-refractivity contribution in [2.45, 2.75) is 25.3 Å². The SMILES string of the molecule is CN1CCC2=C(c3ccccc3)CC[C@@H](NC(=O)c3ccccc3)[C@H]2C1. The lowest BCUT2D eigenvalue weighted by atomic mass is 9.74. The van der Waals surface area contributed by atoms with Gasteiger partial charge in [-0.05, 0) is 49.6 Å². The Bertz CT molecular complexity index is 797. The Morgan fingerprint density at radius 1 is 1.00 bits per heavy atom. The molecule has 1 aliphatic carbocycles. The molecule has 0 unspecified atom stereocenters. The molecule has 1 amide bonds. The third kappa shape index (κ3) is 3.45. The minimum absolute atomic E-state index is 0.0475. The molecule has 2 aromatic carbocycles. The first-order valence-corrected chi connectivity index (χ1v) is 9.54. The minimum Gasteiger partial charge on any atom is -0.349 e. The Morgan fingerprint density at radius 2 is 1.69 bits per heavy atom. The van der Waals surface area contributed by atoms with Gasteiger partial charge in [-0.15, -0.1) is 0 Å². The Labute approximate surface area is 155 Å². The predicted octanol–water partition coefficient (Wildman–Crippen LogP) is 3.98. The smallest absolute Gasteiger partial charge is 0.251 e. The van der Waals surface area contributed by atoms with Crippen molar-refractivity contribution >= 4 is 11.5 Å². The van der Waals surface area contributed by atoms with Crippen LogP contribution < -0.4 is 5.32 Å². The zero-order valence-corrected chi connectivity index (χ0v) is 15.3. The molecule has 26 heavy (non-hydrogen) atoms. The molecule has 4 rings (SSSR count). The van der Waals surface area contributed by atoms with Gasteiger partial charge in [-0.3, -0.25) is 4.79 Å². The van der Waals surface area contributed by atoms with Crippen LogP contribution in [0.4, 0.5) is 0 Å². The van der Waals surface area contributed by atoms with Crippen molar-refractivity contribution in [3.8, 4) is 0 Å². The fourth-order valence-corrected chi connectivity index (χ4v) is 4.42. The Morgan fingerprint density at radius 3 is 2.42 bits per heavy atom. The van der Waals surface area contributed by atoms with Gasteiger partial charge in [0.15, 0.2) is 0 Å². The maximum Gasteiger partial charge on any atom is 0.251 e. The molecule has 2 aromatic rings. The highest BCUT2D eigenvalue weighted by atomic mass is 16.1. The summed E-state index contributed by atoms with van der Waals surface area (Å²) in [6, 6.07) is 20.5. The van der Waals surface area contributed by atoms with E-state index in [1.165, 1.54) is 11.1 Å². The van der Waals surface area contributed by atoms with E-state index in [0.29, 0.717) is 5.92 Å². The van der Waals surface area contributed by atoms with Gasteiger partial charge in [0.1, 0.15) is 0 Å². The van der Waals surface area contributed by atoms with Crippen molar-refractivity contribution in [3.63, 3.8) is 0 Å². The second-order valence-electron chi connectivity index (χ2n) is 7.47. The fourth-order valence-electron chi connectivity index (χ4n) is 4.42. The van der Waals surface area contributed by atoms with Gasteiger partial charge >= 0.3 is 0 Å². The Kier molecular flexibility index (Phi) is 4.89. The number of carbonyl (C=O) groups excluding carboxylic acids is 1. The molecular formula is C23H26N2O. The average molecular weight is 346 g/mol. The van der Waals surface area contributed by atoms with E-state index >= 15 is 0 Å². The van der Waals surface area contributed by atoms with Crippen molar-refractivity contribution in [3.05, 3.63) is 77.4 Å². The van der Waals surface area contributed by atoms with Crippen LogP contribution in [-0.4, -0.2) is 37.0 Å². The van der Waals surface area contributed by atoms with Crippen molar-refractivity contribution in [2.75, 3.05) is 20.1 Å². The summed E-state index contributed by atoms with van der Waals surface area (Å²) >= 11 is 0. The van der Waals surface area contributed by atoms with Crippen LogP contribution in [0, 0.1) is 5.92 Å². The number of fused-ring (bicyclic) bond motifs is 1. The number of allylic oxidation sites excluding steroid dienone is 1. The molecular weight excluding hydrogens is 320 g/mol. The van der Waals surface area contributed by atoms with Gasteiger partial charge in [-0.1, -0.05) is 54.1 Å². The van der Waals surface area contributed by atoms with Crippen LogP contribution in [0.1, 0.15) is 35.2 Å². The third-order valence-electron chi connectivity index (χ3n) is 5.77. The molecule has 0 saturated carbocycles. The largest absolute Gasteiger partial charge is 0.349 e. The summed E-state index contributed by atoms with van der Waals surface area (Å²) < 4.78 is 0. The molecule has 0 spiro atoms. The maximum absolute atomic E-state index is 12.7. The van der Waals surface area contributed by atoms with Gasteiger partial charge in [0, 0.05) is 30.6 Å². The van der Waals surface area contributed by atoms with Crippen molar-refractivity contribution < 1.29 is 4.79 Å². The number of likely N-dealkylation sites (tertiary alicyclic amines) is 1. The lowest BCUT2D eigenvalue weighted by molar-refractivity contribution is 0.0909. The van der Waals surface area contributed by atoms with E-state index in [4.69, 9.17) is 0 Å². The molecule has 0 radical (unpaired) electrons. The molecule has 1 heterocycles. The summed E-state index contributed by atoms with van der Waals surface area (Å²) in [5.41, 5.74) is 5.16. The van der Waals surface area contributed by atoms with Gasteiger partial charge in [-0.2, -0.15) is 0 Å². The zero-order chi connectivity index (χ0) is 17.9. The van der Waals surface area contributed by atoms with Gasteiger partial charge in [-0.25, -0.2) is 0 Å². The van der Waals surface area contributed by atoms with Gasteiger partial charge in [0.25, 0.3) is 5.91 Å². The molecule has 1 aliphatic heterocycles. The summed E-state index contributed by atoms with van der Waals surface area (Å²) in [6.45, 7) is 2.12. The predicted molar refractivity (Wildman–Crippen MR) is 106 cm³/mol. The first-order valence-electron chi connectivity index (χ1n) is 9.54. The Hall–Kier alpha value is -2.39. The summed E-state index contributed by atoms with van der Waals surface area (Å²) in [7, 11) is 2.18. The van der Waals surface area contributed by atoms with Crippen LogP contribution in [0.3, 0.4) is 0 Å². The van der Waals surface area contributed by atoms with Crippen molar-refractivity contribution in [1.29, 1.82) is 0 Å². The maximum atomic E-state index is 12.7. The highest BCUT2D eigenvalue weighted by Crippen LogP contribution is 2.40. The van der Waals surface area contributed by atoms with Crippen LogP contribution in [-0.2, 0) is 0 Å². The standard InChI is InChI=1S/C23H26N2O/c1-25-15-14-20-19(17-8-4-2-5-9-17)12-13-22(21(20)16-25)24-23(26)18-10-6-3-7-11-18/h2-11,21-22H,12-16H2,1H3,(H,24,26)/t21-,22+/m0/s1. The average Bonchev–Trinajstić information content (AvgIpc) is 2.69. The minimum atomic E-state index is 0.0475. The fraction of sp³-hybridized carbons (Fsp3) is 0.348. The zero-order valence-electron chi connectivity index (χ0n) is 15.3. The first-order chi connectivity index (χ1) is 12.7. The molecule has 2 atom stereocenters. The number of hydrogen-bond acceptors (Lipinski definition) is 2. The van der Waals surface area contributed by atoms with E-state index < -0.39 is 0 Å². The summed E-state index contributed by atoms with van der Waals surface area (Å²) in [4.78, 5) is 15.1. The number of nitrogens with one attached hydrogen (secondary N) is 1. The normalized spacial score (nSPS) is 23.4. The van der Waals surface area contributed by atoms with Gasteiger partial charge in [0.05, 0.1) is 0 Å². The molecule has 1 N–H and O–H groups in total. The number of benzene rings is 2. The molecule has 0 aromatic heterocycles. The third-order valence-corrected chi connectivity index (χ3v) is 5.77. The van der Waals surface area contributed by atoms with E-state index in [1.807, 2.05) is 30.3 Å². The van der Waals surface area contributed by atoms with Crippen LogP contribution >= 0.6 is 0 Å². The summed E-state index contributed by atoms with van der Waals surface area (Å²) in [5, 5.41) is 3.33. The van der Waals surface area contributed by atoms with E-state index in [-0.39, 0.29) is 11.9 Å². The highest BCUT2D eigenvalue weighted by Gasteiger charge is 2.36. The summed E-state index contributed by atoms with van der Waals surface area (Å²) in [6.07, 6.45) is 3.15. The van der Waals surface area contributed by atoms with Crippen molar-refractivity contribution in [1.82, 2.24) is 10.2 Å². The number of piperidine rings is 1. The molecule has 3 nitrogen and oxygen atoms in total. The number of rotatable bonds is 3. The van der Waals surface area contributed by atoms with E-state index in [2.05, 4.69) is 47.6 Å². The topological polar surface area (TPSA) is 32.3 Å². The summed E-state index contributed by atoms with van der Waals surface area (Å²) in [5.74, 6) is 0.455. The molecule has 134 valence electrons. The van der Waals surface area contributed by atoms with E-state index in [9.17, 15) is 4.79 Å². The van der Waals surface area contributed by atoms with Crippen LogP contribution in [0.25, 0.3) is 5.57 Å². The monoisotopic (exact) mass is 346 g/mol. The quantitative estimate of drug-likeness (QED) is 0.911. The van der Waals surface area contributed by atoms with Gasteiger partial charge < -0.3 is 10.2 Å². The van der Waals surface area contributed by atoms with Crippen LogP contribution in [0.2, 0.25) is 0 Å². The number of hydrogen-bond donors (Lipinski definition) is 1. The number of nitrogens with zero attached hydrogens (tertiary/aromatic N) is 1. The van der Waals surface area contributed by atoms with Gasteiger partial charge in [0.2, 0.25) is 0 Å². The number of amides is 1.